The summed E-state index contributed by atoms with van der Waals surface area (Å²) in [5.41, 5.74) is 1.54. The molecule has 31 heavy (non-hydrogen) atoms. The minimum Gasteiger partial charge on any atom is -0.483 e. The lowest BCUT2D eigenvalue weighted by Crippen LogP contribution is -2.59. The molecule has 168 valence electrons. The Labute approximate surface area is 183 Å². The number of nitriles is 1. The lowest BCUT2D eigenvalue weighted by Gasteiger charge is -2.41. The van der Waals surface area contributed by atoms with E-state index in [1.807, 2.05) is 6.07 Å². The van der Waals surface area contributed by atoms with Crippen LogP contribution >= 0.6 is 0 Å². The topological polar surface area (TPSA) is 109 Å². The third kappa shape index (κ3) is 5.20. The standard InChI is InChI=1S/C22H29N3O5S/c1-31(27,28)24-19-3-2-10-25-20(19)13-29-17-7-5-16(6-8-17)18-9-4-15(12-23)11-21(18)30-14-22(25)26/h4,9,11,16-17,19-20,24H,2-3,5-8,10,13-14H2,1H3/t16?,17?,19?,20-/m0/s1. The van der Waals surface area contributed by atoms with E-state index in [-0.39, 0.29) is 30.7 Å². The minimum atomic E-state index is -3.41. The highest BCUT2D eigenvalue weighted by molar-refractivity contribution is 7.88. The molecule has 2 atom stereocenters. The van der Waals surface area contributed by atoms with E-state index in [9.17, 15) is 18.5 Å². The van der Waals surface area contributed by atoms with Crippen molar-refractivity contribution in [2.45, 2.75) is 62.6 Å². The van der Waals surface area contributed by atoms with Crippen LogP contribution in [0.1, 0.15) is 55.6 Å². The number of fused-ring (bicyclic) bond motifs is 5. The SMILES string of the molecule is CS(=O)(=O)NC1CCCN2C(=O)COc3cc(C#N)ccc3C3CCC(CC3)OC[C@@H]12. The highest BCUT2D eigenvalue weighted by Gasteiger charge is 2.37. The van der Waals surface area contributed by atoms with Crippen LogP contribution in [0, 0.1) is 11.3 Å². The molecule has 1 amide bonds. The molecular weight excluding hydrogens is 418 g/mol. The van der Waals surface area contributed by atoms with Crippen molar-refractivity contribution in [1.29, 1.82) is 5.26 Å². The molecule has 2 bridgehead atoms. The van der Waals surface area contributed by atoms with Gasteiger partial charge in [0, 0.05) is 12.6 Å². The Morgan fingerprint density at radius 1 is 1.19 bits per heavy atom. The van der Waals surface area contributed by atoms with Crippen LogP contribution < -0.4 is 9.46 Å². The first kappa shape index (κ1) is 22.1. The van der Waals surface area contributed by atoms with Crippen molar-refractivity contribution in [3.05, 3.63) is 29.3 Å². The Hall–Kier alpha value is -2.15. The Balaban J connectivity index is 1.64. The molecule has 3 aliphatic heterocycles. The maximum Gasteiger partial charge on any atom is 0.260 e. The molecule has 1 saturated carbocycles. The van der Waals surface area contributed by atoms with Crippen LogP contribution in [0.25, 0.3) is 0 Å². The van der Waals surface area contributed by atoms with Crippen molar-refractivity contribution in [3.8, 4) is 11.8 Å². The zero-order chi connectivity index (χ0) is 22.0. The molecular formula is C22H29N3O5S. The number of benzene rings is 1. The fourth-order valence-electron chi connectivity index (χ4n) is 5.05. The second-order valence-corrected chi connectivity index (χ2v) is 10.5. The molecule has 9 heteroatoms. The molecule has 5 rings (SSSR count). The fourth-order valence-corrected chi connectivity index (χ4v) is 5.87. The van der Waals surface area contributed by atoms with E-state index < -0.39 is 10.0 Å². The molecule has 1 N–H and O–H groups in total. The number of sulfonamides is 1. The van der Waals surface area contributed by atoms with Crippen molar-refractivity contribution in [1.82, 2.24) is 9.62 Å². The maximum atomic E-state index is 13.1. The maximum absolute atomic E-state index is 13.1. The smallest absolute Gasteiger partial charge is 0.260 e. The van der Waals surface area contributed by atoms with E-state index in [0.29, 0.717) is 43.2 Å². The summed E-state index contributed by atoms with van der Waals surface area (Å²) >= 11 is 0. The number of nitrogens with one attached hydrogen (secondary N) is 1. The van der Waals surface area contributed by atoms with E-state index in [1.54, 1.807) is 17.0 Å². The van der Waals surface area contributed by atoms with Crippen LogP contribution in [0.3, 0.4) is 0 Å². The quantitative estimate of drug-likeness (QED) is 0.742. The molecule has 2 fully saturated rings. The number of nitrogens with zero attached hydrogens (tertiary/aromatic N) is 2. The molecule has 0 aromatic heterocycles. The predicted octanol–water partition coefficient (Wildman–Crippen LogP) is 1.90. The third-order valence-electron chi connectivity index (χ3n) is 6.58. The van der Waals surface area contributed by atoms with E-state index in [1.165, 1.54) is 0 Å². The summed E-state index contributed by atoms with van der Waals surface area (Å²) in [7, 11) is -3.41. The third-order valence-corrected chi connectivity index (χ3v) is 7.31. The zero-order valence-corrected chi connectivity index (χ0v) is 18.6. The van der Waals surface area contributed by atoms with Gasteiger partial charge < -0.3 is 14.4 Å². The van der Waals surface area contributed by atoms with Gasteiger partial charge in [0.1, 0.15) is 5.75 Å². The van der Waals surface area contributed by atoms with Crippen LogP contribution in [0.2, 0.25) is 0 Å². The number of carbonyl (C=O) groups is 1. The molecule has 1 aromatic rings. The molecule has 4 aliphatic rings. The Kier molecular flexibility index (Phi) is 6.51. The molecule has 1 aromatic carbocycles. The zero-order valence-electron chi connectivity index (χ0n) is 17.7. The normalized spacial score (nSPS) is 29.4. The van der Waals surface area contributed by atoms with Gasteiger partial charge in [-0.05, 0) is 62.1 Å². The van der Waals surface area contributed by atoms with Crippen LogP contribution in [-0.4, -0.2) is 63.4 Å². The Morgan fingerprint density at radius 3 is 2.68 bits per heavy atom. The fraction of sp³-hybridized carbons (Fsp3) is 0.636. The van der Waals surface area contributed by atoms with Crippen molar-refractivity contribution in [2.75, 3.05) is 26.0 Å². The monoisotopic (exact) mass is 447 g/mol. The van der Waals surface area contributed by atoms with E-state index in [0.717, 1.165) is 37.5 Å². The van der Waals surface area contributed by atoms with Gasteiger partial charge in [0.15, 0.2) is 6.61 Å². The Bertz CT molecular complexity index is 966. The van der Waals surface area contributed by atoms with Crippen molar-refractivity contribution >= 4 is 15.9 Å². The molecule has 1 saturated heterocycles. The number of ether oxygens (including phenoxy) is 2. The van der Waals surface area contributed by atoms with Crippen LogP contribution in [0.15, 0.2) is 18.2 Å². The number of amides is 1. The van der Waals surface area contributed by atoms with Crippen molar-refractivity contribution in [3.63, 3.8) is 0 Å². The first-order valence-electron chi connectivity index (χ1n) is 10.9. The minimum absolute atomic E-state index is 0.0949. The van der Waals surface area contributed by atoms with Gasteiger partial charge in [-0.3, -0.25) is 4.79 Å². The number of hydrogen-bond donors (Lipinski definition) is 1. The molecule has 1 aliphatic carbocycles. The van der Waals surface area contributed by atoms with E-state index in [4.69, 9.17) is 9.47 Å². The van der Waals surface area contributed by atoms with Crippen LogP contribution in [-0.2, 0) is 19.6 Å². The number of carbonyl (C=O) groups excluding carboxylic acids is 1. The van der Waals surface area contributed by atoms with Gasteiger partial charge in [0.2, 0.25) is 10.0 Å². The van der Waals surface area contributed by atoms with Gasteiger partial charge in [-0.25, -0.2) is 13.1 Å². The Morgan fingerprint density at radius 2 is 1.97 bits per heavy atom. The lowest BCUT2D eigenvalue weighted by molar-refractivity contribution is -0.140. The summed E-state index contributed by atoms with van der Waals surface area (Å²) in [5, 5.41) is 9.29. The number of rotatable bonds is 2. The van der Waals surface area contributed by atoms with Gasteiger partial charge >= 0.3 is 0 Å². The average molecular weight is 448 g/mol. The van der Waals surface area contributed by atoms with Gasteiger partial charge in [-0.1, -0.05) is 6.07 Å². The van der Waals surface area contributed by atoms with E-state index >= 15 is 0 Å². The summed E-state index contributed by atoms with van der Waals surface area (Å²) < 4.78 is 38.7. The number of piperidine rings is 1. The van der Waals surface area contributed by atoms with Gasteiger partial charge in [0.25, 0.3) is 5.91 Å². The summed E-state index contributed by atoms with van der Waals surface area (Å²) in [6.07, 6.45) is 6.29. The molecule has 1 unspecified atom stereocenters. The molecule has 0 radical (unpaired) electrons. The summed E-state index contributed by atoms with van der Waals surface area (Å²) in [5.74, 6) is 0.699. The largest absolute Gasteiger partial charge is 0.483 e. The molecule has 8 nitrogen and oxygen atoms in total. The summed E-state index contributed by atoms with van der Waals surface area (Å²) in [4.78, 5) is 14.8. The predicted molar refractivity (Wildman–Crippen MR) is 114 cm³/mol. The molecule has 3 heterocycles. The van der Waals surface area contributed by atoms with Gasteiger partial charge in [0.05, 0.1) is 36.6 Å². The van der Waals surface area contributed by atoms with E-state index in [2.05, 4.69) is 10.8 Å². The lowest BCUT2D eigenvalue weighted by atomic mass is 9.82. The highest BCUT2D eigenvalue weighted by atomic mass is 32.2. The number of hydrogen-bond acceptors (Lipinski definition) is 6. The van der Waals surface area contributed by atoms with Gasteiger partial charge in [-0.2, -0.15) is 5.26 Å². The van der Waals surface area contributed by atoms with Gasteiger partial charge in [-0.15, -0.1) is 0 Å². The summed E-state index contributed by atoms with van der Waals surface area (Å²) in [6.45, 7) is 0.691. The molecule has 0 spiro atoms. The van der Waals surface area contributed by atoms with Crippen molar-refractivity contribution < 1.29 is 22.7 Å². The second kappa shape index (κ2) is 9.15. The first-order valence-corrected chi connectivity index (χ1v) is 12.8. The first-order chi connectivity index (χ1) is 14.8. The average Bonchev–Trinajstić information content (AvgIpc) is 2.76. The highest BCUT2D eigenvalue weighted by Crippen LogP contribution is 2.39. The van der Waals surface area contributed by atoms with Crippen LogP contribution in [0.4, 0.5) is 0 Å². The van der Waals surface area contributed by atoms with Crippen LogP contribution in [0.5, 0.6) is 5.75 Å². The summed E-state index contributed by atoms with van der Waals surface area (Å²) in [6, 6.07) is 6.84. The van der Waals surface area contributed by atoms with Crippen molar-refractivity contribution in [2.24, 2.45) is 0 Å². The second-order valence-electron chi connectivity index (χ2n) is 8.75.